The van der Waals surface area contributed by atoms with Gasteiger partial charge in [-0.05, 0) is 18.4 Å². The van der Waals surface area contributed by atoms with Gasteiger partial charge in [0.15, 0.2) is 0 Å². The van der Waals surface area contributed by atoms with Gasteiger partial charge in [0.1, 0.15) is 0 Å². The lowest BCUT2D eigenvalue weighted by Gasteiger charge is -2.33. The van der Waals surface area contributed by atoms with E-state index in [0.717, 1.165) is 39.1 Å². The largest absolute Gasteiger partial charge is 0.381 e. The third kappa shape index (κ3) is 4.77. The normalized spacial score (nSPS) is 16.6. The summed E-state index contributed by atoms with van der Waals surface area (Å²) in [4.78, 5) is 2.49. The molecule has 1 heterocycles. The van der Waals surface area contributed by atoms with Gasteiger partial charge in [0.2, 0.25) is 0 Å². The highest BCUT2D eigenvalue weighted by Gasteiger charge is 2.20. The molecule has 0 saturated carbocycles. The summed E-state index contributed by atoms with van der Waals surface area (Å²) in [6, 6.07) is 11.2. The Morgan fingerprint density at radius 2 is 1.83 bits per heavy atom. The molecule has 1 aromatic carbocycles. The van der Waals surface area contributed by atoms with Crippen LogP contribution in [0.5, 0.6) is 0 Å². The van der Waals surface area contributed by atoms with Gasteiger partial charge in [-0.2, -0.15) is 0 Å². The topological polar surface area (TPSA) is 12.5 Å². The Bertz CT molecular complexity index is 315. The predicted molar refractivity (Wildman–Crippen MR) is 78.7 cm³/mol. The van der Waals surface area contributed by atoms with Crippen molar-refractivity contribution in [1.29, 1.82) is 0 Å². The first-order chi connectivity index (χ1) is 8.40. The maximum Gasteiger partial charge on any atom is 0.0480 e. The number of nitrogens with zero attached hydrogens (tertiary/aromatic N) is 1. The summed E-state index contributed by atoms with van der Waals surface area (Å²) >= 11 is 5.91. The molecule has 18 heavy (non-hydrogen) atoms. The van der Waals surface area contributed by atoms with E-state index in [4.69, 9.17) is 16.3 Å². The van der Waals surface area contributed by atoms with E-state index in [9.17, 15) is 0 Å². The zero-order chi connectivity index (χ0) is 11.9. The van der Waals surface area contributed by atoms with Gasteiger partial charge < -0.3 is 4.74 Å². The zero-order valence-corrected chi connectivity index (χ0v) is 12.1. The summed E-state index contributed by atoms with van der Waals surface area (Å²) in [7, 11) is 0. The molecule has 2 nitrogen and oxygen atoms in total. The van der Waals surface area contributed by atoms with Crippen LogP contribution in [0.1, 0.15) is 18.4 Å². The van der Waals surface area contributed by atoms with Crippen molar-refractivity contribution in [2.45, 2.75) is 25.4 Å². The number of hydrogen-bond donors (Lipinski definition) is 0. The molecule has 102 valence electrons. The lowest BCUT2D eigenvalue weighted by molar-refractivity contribution is 0.0333. The lowest BCUT2D eigenvalue weighted by atomic mass is 10.1. The highest BCUT2D eigenvalue weighted by Crippen LogP contribution is 2.17. The average molecular weight is 290 g/mol. The monoisotopic (exact) mass is 289 g/mol. The minimum atomic E-state index is 0. The summed E-state index contributed by atoms with van der Waals surface area (Å²) < 4.78 is 5.42. The van der Waals surface area contributed by atoms with E-state index in [0.29, 0.717) is 11.9 Å². The van der Waals surface area contributed by atoms with Crippen molar-refractivity contribution in [1.82, 2.24) is 4.90 Å². The summed E-state index contributed by atoms with van der Waals surface area (Å²) in [6.07, 6.45) is 2.26. The SMILES string of the molecule is Cl.ClCCN(Cc1ccccc1)C1CCOCC1. The number of hydrogen-bond acceptors (Lipinski definition) is 2. The molecule has 0 aromatic heterocycles. The van der Waals surface area contributed by atoms with Gasteiger partial charge in [0.25, 0.3) is 0 Å². The third-order valence-electron chi connectivity index (χ3n) is 3.31. The zero-order valence-electron chi connectivity index (χ0n) is 10.6. The van der Waals surface area contributed by atoms with Crippen molar-refractivity contribution >= 4 is 24.0 Å². The van der Waals surface area contributed by atoms with Crippen molar-refractivity contribution in [2.75, 3.05) is 25.6 Å². The van der Waals surface area contributed by atoms with Crippen molar-refractivity contribution in [2.24, 2.45) is 0 Å². The average Bonchev–Trinajstić information content (AvgIpc) is 2.40. The molecular formula is C14H21Cl2NO. The van der Waals surface area contributed by atoms with Crippen molar-refractivity contribution in [3.05, 3.63) is 35.9 Å². The molecule has 0 N–H and O–H groups in total. The molecule has 1 fully saturated rings. The van der Waals surface area contributed by atoms with E-state index in [1.54, 1.807) is 0 Å². The first-order valence-corrected chi connectivity index (χ1v) is 6.85. The molecule has 0 radical (unpaired) electrons. The van der Waals surface area contributed by atoms with Gasteiger partial charge >= 0.3 is 0 Å². The van der Waals surface area contributed by atoms with Crippen molar-refractivity contribution in [3.63, 3.8) is 0 Å². The molecule has 0 spiro atoms. The Morgan fingerprint density at radius 3 is 2.44 bits per heavy atom. The van der Waals surface area contributed by atoms with Crippen LogP contribution in [-0.4, -0.2) is 36.6 Å². The Labute approximate surface area is 121 Å². The fraction of sp³-hybridized carbons (Fsp3) is 0.571. The molecule has 0 amide bonds. The number of halogens is 2. The minimum Gasteiger partial charge on any atom is -0.381 e. The van der Waals surface area contributed by atoms with E-state index in [-0.39, 0.29) is 12.4 Å². The van der Waals surface area contributed by atoms with Gasteiger partial charge in [-0.1, -0.05) is 30.3 Å². The Kier molecular flexibility index (Phi) is 7.68. The molecule has 1 aromatic rings. The molecule has 0 aliphatic carbocycles. The second kappa shape index (κ2) is 8.76. The van der Waals surface area contributed by atoms with Crippen molar-refractivity contribution < 1.29 is 4.74 Å². The summed E-state index contributed by atoms with van der Waals surface area (Å²) in [5.74, 6) is 0.699. The predicted octanol–water partition coefficient (Wildman–Crippen LogP) is 3.33. The van der Waals surface area contributed by atoms with Crippen LogP contribution in [0.25, 0.3) is 0 Å². The van der Waals surface area contributed by atoms with E-state index >= 15 is 0 Å². The summed E-state index contributed by atoms with van der Waals surface area (Å²) in [6.45, 7) is 3.73. The number of ether oxygens (including phenoxy) is 1. The number of rotatable bonds is 5. The number of benzene rings is 1. The smallest absolute Gasteiger partial charge is 0.0480 e. The van der Waals surface area contributed by atoms with Crippen LogP contribution in [0.2, 0.25) is 0 Å². The molecule has 0 bridgehead atoms. The van der Waals surface area contributed by atoms with Crippen LogP contribution >= 0.6 is 24.0 Å². The Morgan fingerprint density at radius 1 is 1.17 bits per heavy atom. The quantitative estimate of drug-likeness (QED) is 0.771. The maximum atomic E-state index is 5.91. The standard InChI is InChI=1S/C14H20ClNO.ClH/c15-8-9-16(14-6-10-17-11-7-14)12-13-4-2-1-3-5-13;/h1-5,14H,6-12H2;1H. The molecule has 1 aliphatic rings. The van der Waals surface area contributed by atoms with Crippen LogP contribution in [0.4, 0.5) is 0 Å². The van der Waals surface area contributed by atoms with Gasteiger partial charge in [-0.15, -0.1) is 24.0 Å². The maximum absolute atomic E-state index is 5.91. The van der Waals surface area contributed by atoms with Crippen LogP contribution in [0.15, 0.2) is 30.3 Å². The van der Waals surface area contributed by atoms with Gasteiger partial charge in [0.05, 0.1) is 0 Å². The Hall–Kier alpha value is -0.280. The fourth-order valence-corrected chi connectivity index (χ4v) is 2.58. The molecular weight excluding hydrogens is 269 g/mol. The molecule has 0 atom stereocenters. The molecule has 2 rings (SSSR count). The second-order valence-electron chi connectivity index (χ2n) is 4.49. The highest BCUT2D eigenvalue weighted by atomic mass is 35.5. The van der Waals surface area contributed by atoms with Crippen LogP contribution in [0, 0.1) is 0 Å². The first-order valence-electron chi connectivity index (χ1n) is 6.32. The second-order valence-corrected chi connectivity index (χ2v) is 4.87. The summed E-state index contributed by atoms with van der Waals surface area (Å²) in [5, 5.41) is 0. The third-order valence-corrected chi connectivity index (χ3v) is 3.48. The summed E-state index contributed by atoms with van der Waals surface area (Å²) in [5.41, 5.74) is 1.36. The van der Waals surface area contributed by atoms with E-state index in [2.05, 4.69) is 35.2 Å². The molecule has 1 saturated heterocycles. The van der Waals surface area contributed by atoms with Crippen LogP contribution < -0.4 is 0 Å². The molecule has 4 heteroatoms. The molecule has 1 aliphatic heterocycles. The molecule has 0 unspecified atom stereocenters. The first kappa shape index (κ1) is 15.8. The lowest BCUT2D eigenvalue weighted by Crippen LogP contribution is -2.40. The van der Waals surface area contributed by atoms with Gasteiger partial charge in [-0.3, -0.25) is 4.90 Å². The van der Waals surface area contributed by atoms with E-state index in [1.165, 1.54) is 5.56 Å². The van der Waals surface area contributed by atoms with E-state index < -0.39 is 0 Å². The van der Waals surface area contributed by atoms with Crippen molar-refractivity contribution in [3.8, 4) is 0 Å². The number of alkyl halides is 1. The highest BCUT2D eigenvalue weighted by molar-refractivity contribution is 6.18. The van der Waals surface area contributed by atoms with Gasteiger partial charge in [0, 0.05) is 38.2 Å². The van der Waals surface area contributed by atoms with Gasteiger partial charge in [-0.25, -0.2) is 0 Å². The van der Waals surface area contributed by atoms with Crippen LogP contribution in [0.3, 0.4) is 0 Å². The fourth-order valence-electron chi connectivity index (χ4n) is 2.37. The Balaban J connectivity index is 0.00000162. The van der Waals surface area contributed by atoms with Crippen LogP contribution in [-0.2, 0) is 11.3 Å². The minimum absolute atomic E-state index is 0. The van der Waals surface area contributed by atoms with E-state index in [1.807, 2.05) is 0 Å².